The molecule has 6 heteroatoms. The van der Waals surface area contributed by atoms with E-state index in [9.17, 15) is 9.59 Å². The number of para-hydroxylation sites is 1. The van der Waals surface area contributed by atoms with Crippen LogP contribution in [0.5, 0.6) is 0 Å². The summed E-state index contributed by atoms with van der Waals surface area (Å²) in [5.74, 6) is -0.736. The SMILES string of the molecule is CCOC(=O)c1ccccc1NC(=O)Cc1coc2cc(C)c(Cl)cc12. The lowest BCUT2D eigenvalue weighted by Gasteiger charge is -2.10. The fourth-order valence-corrected chi connectivity index (χ4v) is 2.85. The van der Waals surface area contributed by atoms with Gasteiger partial charge < -0.3 is 14.5 Å². The summed E-state index contributed by atoms with van der Waals surface area (Å²) in [7, 11) is 0. The van der Waals surface area contributed by atoms with Gasteiger partial charge in [0.1, 0.15) is 5.58 Å². The second kappa shape index (κ2) is 7.62. The van der Waals surface area contributed by atoms with Crippen LogP contribution in [-0.4, -0.2) is 18.5 Å². The second-order valence-corrected chi connectivity index (χ2v) is 6.26. The first-order valence-electron chi connectivity index (χ1n) is 8.21. The van der Waals surface area contributed by atoms with Gasteiger partial charge in [-0.2, -0.15) is 0 Å². The van der Waals surface area contributed by atoms with Gasteiger partial charge in [-0.05, 0) is 43.7 Å². The Kier molecular flexibility index (Phi) is 5.28. The van der Waals surface area contributed by atoms with Gasteiger partial charge in [-0.25, -0.2) is 4.79 Å². The van der Waals surface area contributed by atoms with Crippen LogP contribution in [0.2, 0.25) is 5.02 Å². The molecule has 0 saturated heterocycles. The smallest absolute Gasteiger partial charge is 0.340 e. The number of anilines is 1. The third-order valence-corrected chi connectivity index (χ3v) is 4.39. The number of benzene rings is 2. The van der Waals surface area contributed by atoms with E-state index in [0.717, 1.165) is 16.5 Å². The van der Waals surface area contributed by atoms with Crippen LogP contribution in [-0.2, 0) is 16.0 Å². The van der Waals surface area contributed by atoms with Crippen molar-refractivity contribution in [2.75, 3.05) is 11.9 Å². The van der Waals surface area contributed by atoms with Gasteiger partial charge in [-0.15, -0.1) is 0 Å². The summed E-state index contributed by atoms with van der Waals surface area (Å²) in [6, 6.07) is 10.4. The van der Waals surface area contributed by atoms with E-state index in [1.165, 1.54) is 0 Å². The number of carbonyl (C=O) groups excluding carboxylic acids is 2. The van der Waals surface area contributed by atoms with Crippen LogP contribution in [0.1, 0.15) is 28.4 Å². The summed E-state index contributed by atoms with van der Waals surface area (Å²) >= 11 is 6.17. The molecule has 3 rings (SSSR count). The largest absolute Gasteiger partial charge is 0.464 e. The second-order valence-electron chi connectivity index (χ2n) is 5.85. The highest BCUT2D eigenvalue weighted by Gasteiger charge is 2.16. The summed E-state index contributed by atoms with van der Waals surface area (Å²) in [4.78, 5) is 24.5. The van der Waals surface area contributed by atoms with Crippen molar-refractivity contribution in [2.24, 2.45) is 0 Å². The number of ether oxygens (including phenoxy) is 1. The highest BCUT2D eigenvalue weighted by Crippen LogP contribution is 2.28. The number of aryl methyl sites for hydroxylation is 1. The van der Waals surface area contributed by atoms with Gasteiger partial charge in [0.2, 0.25) is 5.91 Å². The number of rotatable bonds is 5. The van der Waals surface area contributed by atoms with E-state index in [-0.39, 0.29) is 18.9 Å². The minimum atomic E-state index is -0.473. The molecule has 2 aromatic carbocycles. The molecule has 0 bridgehead atoms. The molecular weight excluding hydrogens is 354 g/mol. The van der Waals surface area contributed by atoms with Gasteiger partial charge >= 0.3 is 5.97 Å². The molecule has 1 N–H and O–H groups in total. The normalized spacial score (nSPS) is 10.7. The lowest BCUT2D eigenvalue weighted by molar-refractivity contribution is -0.115. The van der Waals surface area contributed by atoms with Crippen LogP contribution in [0, 0.1) is 6.92 Å². The van der Waals surface area contributed by atoms with Crippen molar-refractivity contribution in [1.29, 1.82) is 0 Å². The monoisotopic (exact) mass is 371 g/mol. The average molecular weight is 372 g/mol. The number of carbonyl (C=O) groups is 2. The first kappa shape index (κ1) is 18.0. The third-order valence-electron chi connectivity index (χ3n) is 3.98. The van der Waals surface area contributed by atoms with Crippen molar-refractivity contribution < 1.29 is 18.7 Å². The Bertz CT molecular complexity index is 977. The van der Waals surface area contributed by atoms with Crippen molar-refractivity contribution in [3.63, 3.8) is 0 Å². The summed E-state index contributed by atoms with van der Waals surface area (Å²) < 4.78 is 10.5. The van der Waals surface area contributed by atoms with Gasteiger partial charge in [0.15, 0.2) is 0 Å². The zero-order valence-electron chi connectivity index (χ0n) is 14.5. The first-order chi connectivity index (χ1) is 12.5. The van der Waals surface area contributed by atoms with Gasteiger partial charge in [-0.1, -0.05) is 23.7 Å². The fourth-order valence-electron chi connectivity index (χ4n) is 2.68. The molecule has 1 heterocycles. The maximum Gasteiger partial charge on any atom is 0.340 e. The Labute approximate surface area is 155 Å². The summed E-state index contributed by atoms with van der Waals surface area (Å²) in [5, 5.41) is 4.18. The number of furan rings is 1. The summed E-state index contributed by atoms with van der Waals surface area (Å²) in [6.45, 7) is 3.89. The molecule has 5 nitrogen and oxygen atoms in total. The zero-order chi connectivity index (χ0) is 18.7. The molecule has 0 unspecified atom stereocenters. The zero-order valence-corrected chi connectivity index (χ0v) is 15.2. The standard InChI is InChI=1S/C20H18ClNO4/c1-3-25-20(24)14-6-4-5-7-17(14)22-19(23)9-13-11-26-18-8-12(2)16(21)10-15(13)18/h4-8,10-11H,3,9H2,1-2H3,(H,22,23). The van der Waals surface area contributed by atoms with Gasteiger partial charge in [-0.3, -0.25) is 4.79 Å². The number of esters is 1. The number of nitrogens with one attached hydrogen (secondary N) is 1. The molecule has 1 aromatic heterocycles. The topological polar surface area (TPSA) is 68.5 Å². The first-order valence-corrected chi connectivity index (χ1v) is 8.59. The molecule has 0 saturated carbocycles. The van der Waals surface area contributed by atoms with Crippen LogP contribution in [0.15, 0.2) is 47.1 Å². The molecule has 0 aliphatic carbocycles. The lowest BCUT2D eigenvalue weighted by atomic mass is 10.1. The van der Waals surface area contributed by atoms with E-state index >= 15 is 0 Å². The molecule has 0 radical (unpaired) electrons. The van der Waals surface area contributed by atoms with Crippen LogP contribution >= 0.6 is 11.6 Å². The molecule has 0 fully saturated rings. The lowest BCUT2D eigenvalue weighted by Crippen LogP contribution is -2.17. The Morgan fingerprint density at radius 1 is 1.23 bits per heavy atom. The van der Waals surface area contributed by atoms with Crippen LogP contribution in [0.4, 0.5) is 5.69 Å². The van der Waals surface area contributed by atoms with Crippen molar-refractivity contribution in [1.82, 2.24) is 0 Å². The van der Waals surface area contributed by atoms with Crippen molar-refractivity contribution in [2.45, 2.75) is 20.3 Å². The Hall–Kier alpha value is -2.79. The van der Waals surface area contributed by atoms with Crippen molar-refractivity contribution >= 4 is 40.1 Å². The molecule has 0 aliphatic rings. The van der Waals surface area contributed by atoms with Crippen molar-refractivity contribution in [3.05, 3.63) is 64.4 Å². The van der Waals surface area contributed by atoms with Crippen molar-refractivity contribution in [3.8, 4) is 0 Å². The van der Waals surface area contributed by atoms with Gasteiger partial charge in [0.05, 0.1) is 30.5 Å². The Balaban J connectivity index is 1.80. The maximum atomic E-state index is 12.5. The number of fused-ring (bicyclic) bond motifs is 1. The predicted molar refractivity (Wildman–Crippen MR) is 101 cm³/mol. The van der Waals surface area contributed by atoms with Crippen LogP contribution in [0.3, 0.4) is 0 Å². The minimum Gasteiger partial charge on any atom is -0.464 e. The quantitative estimate of drug-likeness (QED) is 0.657. The van der Waals surface area contributed by atoms with E-state index < -0.39 is 5.97 Å². The molecule has 1 amide bonds. The van der Waals surface area contributed by atoms with E-state index in [4.69, 9.17) is 20.8 Å². The highest BCUT2D eigenvalue weighted by atomic mass is 35.5. The molecule has 26 heavy (non-hydrogen) atoms. The molecule has 0 aliphatic heterocycles. The molecule has 3 aromatic rings. The van der Waals surface area contributed by atoms with Gasteiger partial charge in [0, 0.05) is 16.0 Å². The third kappa shape index (κ3) is 3.73. The highest BCUT2D eigenvalue weighted by molar-refractivity contribution is 6.32. The van der Waals surface area contributed by atoms with Crippen LogP contribution < -0.4 is 5.32 Å². The summed E-state index contributed by atoms with van der Waals surface area (Å²) in [6.07, 6.45) is 1.65. The fraction of sp³-hybridized carbons (Fsp3) is 0.200. The molecule has 0 atom stereocenters. The molecule has 0 spiro atoms. The number of amides is 1. The van der Waals surface area contributed by atoms with Crippen LogP contribution in [0.25, 0.3) is 11.0 Å². The Morgan fingerprint density at radius 3 is 2.77 bits per heavy atom. The minimum absolute atomic E-state index is 0.101. The Morgan fingerprint density at radius 2 is 2.00 bits per heavy atom. The van der Waals surface area contributed by atoms with E-state index in [2.05, 4.69) is 5.32 Å². The van der Waals surface area contributed by atoms with E-state index in [1.54, 1.807) is 43.5 Å². The average Bonchev–Trinajstić information content (AvgIpc) is 2.97. The number of halogens is 1. The molecule has 134 valence electrons. The predicted octanol–water partition coefficient (Wildman–Crippen LogP) is 4.75. The summed E-state index contributed by atoms with van der Waals surface area (Å²) in [5.41, 5.74) is 3.05. The van der Waals surface area contributed by atoms with E-state index in [1.807, 2.05) is 13.0 Å². The maximum absolute atomic E-state index is 12.5. The van der Waals surface area contributed by atoms with E-state index in [0.29, 0.717) is 21.9 Å². The number of hydrogen-bond acceptors (Lipinski definition) is 4. The number of hydrogen-bond donors (Lipinski definition) is 1. The molecular formula is C20H18ClNO4. The van der Waals surface area contributed by atoms with Gasteiger partial charge in [0.25, 0.3) is 0 Å².